The van der Waals surface area contributed by atoms with Crippen LogP contribution in [0.1, 0.15) is 96.2 Å². The van der Waals surface area contributed by atoms with Gasteiger partial charge < -0.3 is 14.1 Å². The summed E-state index contributed by atoms with van der Waals surface area (Å²) in [4.78, 5) is 31.8. The van der Waals surface area contributed by atoms with Crippen molar-refractivity contribution < 1.29 is 36.7 Å². The Morgan fingerprint density at radius 3 is 2.14 bits per heavy atom. The van der Waals surface area contributed by atoms with E-state index in [-0.39, 0.29) is 11.5 Å². The molecule has 6 aromatic rings. The number of nitrogens with one attached hydrogen (secondary N) is 1. The number of fused-ring (bicyclic) bond motifs is 5. The van der Waals surface area contributed by atoms with Crippen molar-refractivity contribution in [1.29, 1.82) is 0 Å². The fraction of sp³-hybridized carbons (Fsp3) is 0.348. The molecule has 294 valence electrons. The van der Waals surface area contributed by atoms with Gasteiger partial charge in [-0.1, -0.05) is 87.2 Å². The molecule has 1 heterocycles. The average Bonchev–Trinajstić information content (AvgIpc) is 3.47. The Morgan fingerprint density at radius 2 is 1.52 bits per heavy atom. The van der Waals surface area contributed by atoms with E-state index < -0.39 is 31.0 Å². The molecule has 0 aliphatic heterocycles. The van der Waals surface area contributed by atoms with Crippen LogP contribution in [0.15, 0.2) is 84.9 Å². The number of unbranched alkanes of at least 4 members (excludes halogenated alkanes) is 1. The number of carbonyl (C=O) groups excluding carboxylic acids is 2. The lowest BCUT2D eigenvalue weighted by Crippen LogP contribution is -2.33. The van der Waals surface area contributed by atoms with Crippen molar-refractivity contribution in [3.8, 4) is 5.75 Å². The number of hydrogen-bond acceptors (Lipinski definition) is 5. The molecule has 5 aromatic carbocycles. The SMILES string of the molecule is CCCCC(CC)Cn1c2ccc(C(=O)c3c(C)cc(C)cc3C)cc2c2cc(C(NOC(C)=O)c3ccc(OCC(F)(F)C(F)F)cc3)c3ccccc3c21. The van der Waals surface area contributed by atoms with Crippen LogP contribution in [0.5, 0.6) is 5.75 Å². The molecule has 0 aliphatic rings. The number of carbonyl (C=O) groups is 2. The maximum absolute atomic E-state index is 14.3. The number of aromatic nitrogens is 1. The van der Waals surface area contributed by atoms with Crippen LogP contribution >= 0.6 is 0 Å². The molecular formula is C46H48F4N2O4. The molecule has 0 saturated carbocycles. The lowest BCUT2D eigenvalue weighted by molar-refractivity contribution is -0.149. The zero-order valence-electron chi connectivity index (χ0n) is 32.6. The Kier molecular flexibility index (Phi) is 12.2. The molecule has 2 atom stereocenters. The molecular weight excluding hydrogens is 721 g/mol. The smallest absolute Gasteiger partial charge is 0.340 e. The Morgan fingerprint density at radius 1 is 0.839 bits per heavy atom. The molecule has 0 radical (unpaired) electrons. The maximum Gasteiger partial charge on any atom is 0.340 e. The predicted octanol–water partition coefficient (Wildman–Crippen LogP) is 11.8. The van der Waals surface area contributed by atoms with Gasteiger partial charge in [-0.05, 0) is 97.1 Å². The van der Waals surface area contributed by atoms with Crippen LogP contribution < -0.4 is 10.2 Å². The Balaban J connectivity index is 1.57. The van der Waals surface area contributed by atoms with Gasteiger partial charge in [0, 0.05) is 46.3 Å². The number of halogens is 4. The van der Waals surface area contributed by atoms with E-state index in [1.165, 1.54) is 19.1 Å². The molecule has 0 aliphatic carbocycles. The summed E-state index contributed by atoms with van der Waals surface area (Å²) in [5.74, 6) is -4.53. The summed E-state index contributed by atoms with van der Waals surface area (Å²) in [6.07, 6.45) is 0.457. The number of alkyl halides is 4. The largest absolute Gasteiger partial charge is 0.487 e. The Hall–Kier alpha value is -5.22. The van der Waals surface area contributed by atoms with Crippen LogP contribution in [0, 0.1) is 26.7 Å². The molecule has 0 fully saturated rings. The topological polar surface area (TPSA) is 69.6 Å². The average molecular weight is 769 g/mol. The third-order valence-corrected chi connectivity index (χ3v) is 10.6. The molecule has 0 spiro atoms. The highest BCUT2D eigenvalue weighted by molar-refractivity contribution is 6.21. The molecule has 6 rings (SSSR count). The summed E-state index contributed by atoms with van der Waals surface area (Å²) in [5, 5.41) is 3.66. The second-order valence-electron chi connectivity index (χ2n) is 14.8. The lowest BCUT2D eigenvalue weighted by atomic mass is 9.91. The molecule has 10 heteroatoms. The quantitative estimate of drug-likeness (QED) is 0.0603. The third-order valence-electron chi connectivity index (χ3n) is 10.6. The number of benzene rings is 5. The van der Waals surface area contributed by atoms with E-state index >= 15 is 0 Å². The van der Waals surface area contributed by atoms with E-state index in [4.69, 9.17) is 9.57 Å². The number of hydrogen-bond donors (Lipinski definition) is 1. The fourth-order valence-corrected chi connectivity index (χ4v) is 7.87. The summed E-state index contributed by atoms with van der Waals surface area (Å²) < 4.78 is 60.2. The highest BCUT2D eigenvalue weighted by atomic mass is 19.3. The number of rotatable bonds is 16. The van der Waals surface area contributed by atoms with Gasteiger partial charge >= 0.3 is 18.3 Å². The van der Waals surface area contributed by atoms with Gasteiger partial charge in [-0.2, -0.15) is 8.78 Å². The molecule has 56 heavy (non-hydrogen) atoms. The molecule has 1 N–H and O–H groups in total. The van der Waals surface area contributed by atoms with Gasteiger partial charge in [0.05, 0.1) is 11.6 Å². The van der Waals surface area contributed by atoms with E-state index in [9.17, 15) is 27.2 Å². The predicted molar refractivity (Wildman–Crippen MR) is 214 cm³/mol. The minimum Gasteiger partial charge on any atom is -0.487 e. The fourth-order valence-electron chi connectivity index (χ4n) is 7.87. The second kappa shape index (κ2) is 16.9. The highest BCUT2D eigenvalue weighted by Crippen LogP contribution is 2.41. The number of hydroxylamine groups is 1. The summed E-state index contributed by atoms with van der Waals surface area (Å²) in [6.45, 7) is 10.9. The maximum atomic E-state index is 14.3. The van der Waals surface area contributed by atoms with Crippen molar-refractivity contribution in [3.63, 3.8) is 0 Å². The van der Waals surface area contributed by atoms with Crippen molar-refractivity contribution in [1.82, 2.24) is 10.0 Å². The van der Waals surface area contributed by atoms with Gasteiger partial charge in [-0.25, -0.2) is 8.78 Å². The van der Waals surface area contributed by atoms with Gasteiger partial charge in [0.2, 0.25) is 0 Å². The van der Waals surface area contributed by atoms with Gasteiger partial charge in [0.1, 0.15) is 5.75 Å². The van der Waals surface area contributed by atoms with Gasteiger partial charge in [-0.15, -0.1) is 5.48 Å². The van der Waals surface area contributed by atoms with Gasteiger partial charge in [0.25, 0.3) is 0 Å². The molecule has 0 bridgehead atoms. The van der Waals surface area contributed by atoms with Crippen LogP contribution in [0.4, 0.5) is 17.6 Å². The van der Waals surface area contributed by atoms with Crippen LogP contribution in [0.2, 0.25) is 0 Å². The Labute approximate surface area is 324 Å². The van der Waals surface area contributed by atoms with Gasteiger partial charge in [-0.3, -0.25) is 9.59 Å². The molecule has 2 unspecified atom stereocenters. The van der Waals surface area contributed by atoms with Crippen molar-refractivity contribution in [2.75, 3.05) is 6.61 Å². The molecule has 6 nitrogen and oxygen atoms in total. The van der Waals surface area contributed by atoms with Crippen molar-refractivity contribution in [3.05, 3.63) is 124 Å². The zero-order chi connectivity index (χ0) is 40.3. The number of ketones is 1. The molecule has 0 saturated heterocycles. The Bertz CT molecular complexity index is 2360. The number of nitrogens with zero attached hydrogens (tertiary/aromatic N) is 1. The summed E-state index contributed by atoms with van der Waals surface area (Å²) in [7, 11) is 0. The van der Waals surface area contributed by atoms with E-state index in [0.29, 0.717) is 22.6 Å². The summed E-state index contributed by atoms with van der Waals surface area (Å²) in [6, 6.07) is 25.4. The van der Waals surface area contributed by atoms with E-state index in [0.717, 1.165) is 87.1 Å². The lowest BCUT2D eigenvalue weighted by Gasteiger charge is -2.22. The van der Waals surface area contributed by atoms with Crippen LogP contribution in [-0.2, 0) is 16.2 Å². The first-order chi connectivity index (χ1) is 26.7. The monoisotopic (exact) mass is 768 g/mol. The second-order valence-corrected chi connectivity index (χ2v) is 14.8. The molecule has 0 amide bonds. The normalized spacial score (nSPS) is 13.1. The van der Waals surface area contributed by atoms with Crippen LogP contribution in [0.25, 0.3) is 32.6 Å². The van der Waals surface area contributed by atoms with E-state index in [2.05, 4.69) is 36.0 Å². The number of ether oxygens (including phenoxy) is 1. The summed E-state index contributed by atoms with van der Waals surface area (Å²) in [5.41, 5.74) is 10.5. The van der Waals surface area contributed by atoms with Crippen molar-refractivity contribution in [2.45, 2.75) is 92.2 Å². The molecule has 1 aromatic heterocycles. The van der Waals surface area contributed by atoms with Crippen LogP contribution in [0.3, 0.4) is 0 Å². The van der Waals surface area contributed by atoms with E-state index in [1.54, 1.807) is 12.1 Å². The van der Waals surface area contributed by atoms with Crippen molar-refractivity contribution >= 4 is 44.3 Å². The minimum absolute atomic E-state index is 0.0199. The minimum atomic E-state index is -4.30. The van der Waals surface area contributed by atoms with Crippen molar-refractivity contribution in [2.24, 2.45) is 5.92 Å². The summed E-state index contributed by atoms with van der Waals surface area (Å²) >= 11 is 0. The number of aryl methyl sites for hydroxylation is 3. The van der Waals surface area contributed by atoms with Crippen LogP contribution in [-0.4, -0.2) is 35.3 Å². The third kappa shape index (κ3) is 8.31. The first kappa shape index (κ1) is 40.4. The highest BCUT2D eigenvalue weighted by Gasteiger charge is 2.41. The first-order valence-electron chi connectivity index (χ1n) is 19.2. The zero-order valence-corrected chi connectivity index (χ0v) is 32.6. The standard InChI is InChI=1S/C46H48F4N2O4/c1-7-9-12-31(8-2)25-52-40-20-17-33(44(54)41-28(4)21-27(3)22-29(41)5)23-37(40)39-24-38(35-13-10-11-14-36(35)43(39)52)42(51-56-30(6)53)32-15-18-34(19-16-32)55-26-46(49,50)45(47)48/h10-11,13-24,31,42,45,51H,7-9,12,25-26H2,1-6H3. The van der Waals surface area contributed by atoms with Gasteiger partial charge in [0.15, 0.2) is 12.4 Å². The van der Waals surface area contributed by atoms with E-state index in [1.807, 2.05) is 69.3 Å². The first-order valence-corrected chi connectivity index (χ1v) is 19.2.